The number of rotatable bonds is 3. The second-order valence-corrected chi connectivity index (χ2v) is 8.96. The number of fused-ring (bicyclic) bond motifs is 3. The molecule has 3 aromatic rings. The molecule has 1 aromatic heterocycles. The molecule has 2 aromatic carbocycles. The summed E-state index contributed by atoms with van der Waals surface area (Å²) >= 11 is 6.63. The van der Waals surface area contributed by atoms with Gasteiger partial charge in [-0.2, -0.15) is 0 Å². The van der Waals surface area contributed by atoms with E-state index in [1.807, 2.05) is 24.3 Å². The van der Waals surface area contributed by atoms with Crippen molar-refractivity contribution in [3.05, 3.63) is 70.4 Å². The van der Waals surface area contributed by atoms with Gasteiger partial charge in [0.05, 0.1) is 6.04 Å². The van der Waals surface area contributed by atoms with Crippen LogP contribution in [0.1, 0.15) is 55.0 Å². The molecule has 0 saturated carbocycles. The van der Waals surface area contributed by atoms with Crippen LogP contribution in [0.25, 0.3) is 10.9 Å². The summed E-state index contributed by atoms with van der Waals surface area (Å²) in [5, 5.41) is 1.98. The molecule has 0 bridgehead atoms. The topological polar surface area (TPSA) is 45.3 Å². The van der Waals surface area contributed by atoms with E-state index in [-0.39, 0.29) is 17.9 Å². The van der Waals surface area contributed by atoms with Crippen LogP contribution in [-0.4, -0.2) is 35.5 Å². The number of H-pyrrole nitrogens is 1. The molecular weight excluding hydrogens is 396 g/mol. The molecule has 5 rings (SSSR count). The molecule has 2 aliphatic heterocycles. The quantitative estimate of drug-likeness (QED) is 0.590. The molecule has 2 aliphatic rings. The van der Waals surface area contributed by atoms with Crippen molar-refractivity contribution >= 4 is 28.4 Å². The Balaban J connectivity index is 1.56. The zero-order chi connectivity index (χ0) is 20.7. The van der Waals surface area contributed by atoms with Crippen molar-refractivity contribution in [3.8, 4) is 0 Å². The molecule has 30 heavy (non-hydrogen) atoms. The number of amides is 1. The molecule has 4 nitrogen and oxygen atoms in total. The Hall–Kier alpha value is -2.30. The fourth-order valence-electron chi connectivity index (χ4n) is 5.14. The lowest BCUT2D eigenvalue weighted by Gasteiger charge is -2.39. The predicted molar refractivity (Wildman–Crippen MR) is 120 cm³/mol. The third kappa shape index (κ3) is 3.42. The van der Waals surface area contributed by atoms with Crippen LogP contribution in [0.5, 0.6) is 0 Å². The maximum Gasteiger partial charge on any atom is 0.223 e. The Kier molecular flexibility index (Phi) is 5.30. The molecule has 0 aliphatic carbocycles. The fourth-order valence-corrected chi connectivity index (χ4v) is 5.40. The van der Waals surface area contributed by atoms with E-state index in [2.05, 4.69) is 41.1 Å². The van der Waals surface area contributed by atoms with Crippen molar-refractivity contribution in [2.45, 2.75) is 38.1 Å². The van der Waals surface area contributed by atoms with E-state index in [9.17, 15) is 4.79 Å². The van der Waals surface area contributed by atoms with Gasteiger partial charge in [-0.25, -0.2) is 0 Å². The normalized spacial score (nSPS) is 22.3. The van der Waals surface area contributed by atoms with Gasteiger partial charge in [0, 0.05) is 53.7 Å². The Morgan fingerprint density at radius 1 is 1.13 bits per heavy atom. The molecule has 1 saturated heterocycles. The molecule has 0 spiro atoms. The monoisotopic (exact) mass is 422 g/mol. The predicted octanol–water partition coefficient (Wildman–Crippen LogP) is 5.67. The molecule has 1 fully saturated rings. The number of carbonyl (C=O) groups excluding carboxylic acids is 1. The van der Waals surface area contributed by atoms with Crippen LogP contribution in [0.4, 0.5) is 0 Å². The zero-order valence-corrected chi connectivity index (χ0v) is 18.0. The van der Waals surface area contributed by atoms with Gasteiger partial charge in [0.15, 0.2) is 0 Å². The van der Waals surface area contributed by atoms with Crippen LogP contribution in [0.2, 0.25) is 5.02 Å². The molecule has 1 amide bonds. The van der Waals surface area contributed by atoms with Gasteiger partial charge in [0.25, 0.3) is 0 Å². The van der Waals surface area contributed by atoms with Crippen molar-refractivity contribution < 1.29 is 9.53 Å². The van der Waals surface area contributed by atoms with Crippen molar-refractivity contribution in [1.29, 1.82) is 0 Å². The van der Waals surface area contributed by atoms with Gasteiger partial charge in [-0.05, 0) is 48.9 Å². The number of carbonyl (C=O) groups is 1. The van der Waals surface area contributed by atoms with Crippen molar-refractivity contribution in [1.82, 2.24) is 9.88 Å². The lowest BCUT2D eigenvalue weighted by Crippen LogP contribution is -2.42. The van der Waals surface area contributed by atoms with E-state index in [1.54, 1.807) is 0 Å². The molecule has 156 valence electrons. The number of hydrogen-bond acceptors (Lipinski definition) is 2. The summed E-state index contributed by atoms with van der Waals surface area (Å²) in [4.78, 5) is 19.1. The summed E-state index contributed by atoms with van der Waals surface area (Å²) in [5.74, 6) is 0.705. The Bertz CT molecular complexity index is 1070. The largest absolute Gasteiger partial charge is 0.381 e. The summed E-state index contributed by atoms with van der Waals surface area (Å²) in [7, 11) is 0. The molecular formula is C25H27ClN2O2. The first-order chi connectivity index (χ1) is 14.6. The highest BCUT2D eigenvalue weighted by Gasteiger charge is 2.38. The molecule has 2 atom stereocenters. The molecule has 1 N–H and O–H groups in total. The molecule has 3 heterocycles. The van der Waals surface area contributed by atoms with Gasteiger partial charge in [-0.1, -0.05) is 48.0 Å². The Morgan fingerprint density at radius 3 is 2.67 bits per heavy atom. The minimum atomic E-state index is 0.0125. The first kappa shape index (κ1) is 19.7. The maximum atomic E-state index is 13.4. The standard InChI is InChI=1S/C25H27ClN2O2/c1-16-25-24(19-7-3-5-9-22(19)27-25)20(18-6-2-4-8-21(18)26)15-28(16)23(29)14-17-10-12-30-13-11-17/h2-9,16-17,20,27H,10-15H2,1H3. The number of benzene rings is 2. The van der Waals surface area contributed by atoms with Gasteiger partial charge in [0.2, 0.25) is 5.91 Å². The van der Waals surface area contributed by atoms with Crippen LogP contribution in [0.15, 0.2) is 48.5 Å². The summed E-state index contributed by atoms with van der Waals surface area (Å²) in [6, 6.07) is 16.4. The van der Waals surface area contributed by atoms with E-state index in [0.29, 0.717) is 18.9 Å². The molecule has 5 heteroatoms. The van der Waals surface area contributed by atoms with E-state index in [1.165, 1.54) is 10.9 Å². The first-order valence-electron chi connectivity index (χ1n) is 10.9. The number of hydrogen-bond donors (Lipinski definition) is 1. The smallest absolute Gasteiger partial charge is 0.223 e. The molecule has 2 unspecified atom stereocenters. The number of aromatic nitrogens is 1. The minimum absolute atomic E-state index is 0.0125. The van der Waals surface area contributed by atoms with Crippen molar-refractivity contribution in [2.24, 2.45) is 5.92 Å². The lowest BCUT2D eigenvalue weighted by molar-refractivity contribution is -0.135. The Morgan fingerprint density at radius 2 is 1.87 bits per heavy atom. The van der Waals surface area contributed by atoms with E-state index >= 15 is 0 Å². The summed E-state index contributed by atoms with van der Waals surface area (Å²) < 4.78 is 5.47. The highest BCUT2D eigenvalue weighted by atomic mass is 35.5. The number of nitrogens with one attached hydrogen (secondary N) is 1. The first-order valence-corrected chi connectivity index (χ1v) is 11.2. The van der Waals surface area contributed by atoms with Crippen molar-refractivity contribution in [2.75, 3.05) is 19.8 Å². The fraction of sp³-hybridized carbons (Fsp3) is 0.400. The minimum Gasteiger partial charge on any atom is -0.381 e. The number of aromatic amines is 1. The average molecular weight is 423 g/mol. The maximum absolute atomic E-state index is 13.4. The SMILES string of the molecule is CC1c2[nH]c3ccccc3c2C(c2ccccc2Cl)CN1C(=O)CC1CCOCC1. The van der Waals surface area contributed by atoms with Crippen LogP contribution in [-0.2, 0) is 9.53 Å². The number of halogens is 1. The summed E-state index contributed by atoms with van der Waals surface area (Å²) in [5.41, 5.74) is 4.61. The number of ether oxygens (including phenoxy) is 1. The van der Waals surface area contributed by atoms with E-state index in [0.717, 1.165) is 47.9 Å². The van der Waals surface area contributed by atoms with E-state index < -0.39 is 0 Å². The molecule has 0 radical (unpaired) electrons. The third-order valence-electron chi connectivity index (χ3n) is 6.79. The van der Waals surface area contributed by atoms with Gasteiger partial charge < -0.3 is 14.6 Å². The second kappa shape index (κ2) is 8.09. The van der Waals surface area contributed by atoms with Gasteiger partial charge in [-0.15, -0.1) is 0 Å². The second-order valence-electron chi connectivity index (χ2n) is 8.55. The van der Waals surface area contributed by atoms with Crippen LogP contribution in [0.3, 0.4) is 0 Å². The third-order valence-corrected chi connectivity index (χ3v) is 7.14. The van der Waals surface area contributed by atoms with Crippen LogP contribution >= 0.6 is 11.6 Å². The van der Waals surface area contributed by atoms with Gasteiger partial charge in [0.1, 0.15) is 0 Å². The van der Waals surface area contributed by atoms with E-state index in [4.69, 9.17) is 16.3 Å². The van der Waals surface area contributed by atoms with Gasteiger partial charge in [-0.3, -0.25) is 4.79 Å². The highest BCUT2D eigenvalue weighted by molar-refractivity contribution is 6.31. The lowest BCUT2D eigenvalue weighted by atomic mass is 9.83. The van der Waals surface area contributed by atoms with Crippen LogP contribution < -0.4 is 0 Å². The number of nitrogens with zero attached hydrogens (tertiary/aromatic N) is 1. The van der Waals surface area contributed by atoms with Crippen molar-refractivity contribution in [3.63, 3.8) is 0 Å². The Labute approximate surface area is 182 Å². The average Bonchev–Trinajstić information content (AvgIpc) is 3.16. The summed E-state index contributed by atoms with van der Waals surface area (Å²) in [6.45, 7) is 4.32. The zero-order valence-electron chi connectivity index (χ0n) is 17.2. The number of para-hydroxylation sites is 1. The van der Waals surface area contributed by atoms with Crippen LogP contribution in [0, 0.1) is 5.92 Å². The summed E-state index contributed by atoms with van der Waals surface area (Å²) in [6.07, 6.45) is 2.54. The van der Waals surface area contributed by atoms with Gasteiger partial charge >= 0.3 is 0 Å². The highest BCUT2D eigenvalue weighted by Crippen LogP contribution is 2.45.